The summed E-state index contributed by atoms with van der Waals surface area (Å²) in [6, 6.07) is 6.32. The van der Waals surface area contributed by atoms with Crippen LogP contribution < -0.4 is 34.9 Å². The third kappa shape index (κ3) is 5.69. The molecular formula is C10H12ClN2NaO3S. The molecule has 5 nitrogen and oxygen atoms in total. The van der Waals surface area contributed by atoms with Crippen LogP contribution in [-0.4, -0.2) is 20.9 Å². The SMILES string of the molecule is Cc1ccc(S(=O)(=O)[N-]Cl)cc1.O=C1CCN1.[Na+]. The first-order valence-electron chi connectivity index (χ1n) is 4.87. The molecule has 0 aliphatic carbocycles. The molecule has 1 aromatic rings. The summed E-state index contributed by atoms with van der Waals surface area (Å²) in [4.78, 5) is 9.90. The second-order valence-electron chi connectivity index (χ2n) is 3.46. The second-order valence-corrected chi connectivity index (χ2v) is 5.43. The van der Waals surface area contributed by atoms with E-state index in [0.29, 0.717) is 0 Å². The molecule has 2 rings (SSSR count). The van der Waals surface area contributed by atoms with Crippen LogP contribution in [0.4, 0.5) is 0 Å². The Morgan fingerprint density at radius 2 is 1.72 bits per heavy atom. The Bertz CT molecular complexity index is 484. The Hall–Kier alpha value is -0.110. The zero-order valence-electron chi connectivity index (χ0n) is 10.2. The zero-order valence-corrected chi connectivity index (χ0v) is 13.8. The third-order valence-electron chi connectivity index (χ3n) is 2.08. The molecule has 1 aliphatic heterocycles. The van der Waals surface area contributed by atoms with Crippen molar-refractivity contribution in [2.45, 2.75) is 18.2 Å². The summed E-state index contributed by atoms with van der Waals surface area (Å²) >= 11 is 4.90. The molecule has 0 spiro atoms. The van der Waals surface area contributed by atoms with Gasteiger partial charge in [-0.25, -0.2) is 8.42 Å². The summed E-state index contributed by atoms with van der Waals surface area (Å²) in [7, 11) is -3.62. The van der Waals surface area contributed by atoms with E-state index in [-0.39, 0.29) is 40.4 Å². The van der Waals surface area contributed by atoms with Gasteiger partial charge >= 0.3 is 29.6 Å². The summed E-state index contributed by atoms with van der Waals surface area (Å²) in [5, 5.41) is 2.57. The maximum atomic E-state index is 11.0. The first-order chi connectivity index (χ1) is 7.95. The number of β-lactam (4-membered cyclic amide) rings is 1. The molecule has 1 aromatic carbocycles. The van der Waals surface area contributed by atoms with E-state index in [0.717, 1.165) is 18.5 Å². The Balaban J connectivity index is 0.000000405. The average molecular weight is 299 g/mol. The quantitative estimate of drug-likeness (QED) is 0.546. The van der Waals surface area contributed by atoms with E-state index in [4.69, 9.17) is 11.8 Å². The molecule has 94 valence electrons. The first kappa shape index (κ1) is 17.9. The topological polar surface area (TPSA) is 77.3 Å². The number of halogens is 1. The van der Waals surface area contributed by atoms with Gasteiger partial charge in [-0.1, -0.05) is 17.7 Å². The van der Waals surface area contributed by atoms with E-state index in [1.807, 2.05) is 6.92 Å². The number of hydrogen-bond donors (Lipinski definition) is 1. The molecule has 1 N–H and O–H groups in total. The molecule has 18 heavy (non-hydrogen) atoms. The monoisotopic (exact) mass is 298 g/mol. The van der Waals surface area contributed by atoms with Gasteiger partial charge in [-0.3, -0.25) is 16.6 Å². The average Bonchev–Trinajstić information content (AvgIpc) is 2.28. The number of nitrogens with one attached hydrogen (secondary N) is 1. The minimum absolute atomic E-state index is 0. The molecule has 1 amide bonds. The maximum Gasteiger partial charge on any atom is 1.00 e. The number of hydrogen-bond acceptors (Lipinski definition) is 3. The standard InChI is InChI=1S/C7H7ClNO2S.C3H5NO.Na/c1-6-2-4-7(5-3-6)12(10,11)9-8;5-3-1-2-4-3;/h2-5H,1H3;1-2H2,(H,4,5);/q-1;;+1. The summed E-state index contributed by atoms with van der Waals surface area (Å²) < 4.78 is 24.8. The van der Waals surface area contributed by atoms with Gasteiger partial charge in [0.2, 0.25) is 5.91 Å². The molecular weight excluding hydrogens is 287 g/mol. The van der Waals surface area contributed by atoms with Crippen molar-refractivity contribution in [2.75, 3.05) is 6.54 Å². The molecule has 0 aromatic heterocycles. The van der Waals surface area contributed by atoms with Crippen LogP contribution in [0.1, 0.15) is 12.0 Å². The van der Waals surface area contributed by atoms with Gasteiger partial charge in [-0.2, -0.15) is 0 Å². The normalized spacial score (nSPS) is 13.3. The molecule has 0 unspecified atom stereocenters. The molecule has 1 heterocycles. The van der Waals surface area contributed by atoms with Crippen molar-refractivity contribution in [2.24, 2.45) is 0 Å². The van der Waals surface area contributed by atoms with Crippen molar-refractivity contribution in [3.05, 3.63) is 34.1 Å². The molecule has 8 heteroatoms. The predicted octanol–water partition coefficient (Wildman–Crippen LogP) is -1.28. The van der Waals surface area contributed by atoms with Crippen molar-refractivity contribution < 1.29 is 42.8 Å². The fourth-order valence-corrected chi connectivity index (χ4v) is 1.78. The Morgan fingerprint density at radius 3 is 2.00 bits per heavy atom. The van der Waals surface area contributed by atoms with E-state index in [1.54, 1.807) is 12.1 Å². The van der Waals surface area contributed by atoms with E-state index < -0.39 is 10.0 Å². The van der Waals surface area contributed by atoms with E-state index in [1.165, 1.54) is 12.1 Å². The van der Waals surface area contributed by atoms with Crippen LogP contribution in [0.5, 0.6) is 0 Å². The fraction of sp³-hybridized carbons (Fsp3) is 0.300. The van der Waals surface area contributed by atoms with Gasteiger partial charge in [0.05, 0.1) is 0 Å². The van der Waals surface area contributed by atoms with Crippen LogP contribution in [0.2, 0.25) is 0 Å². The van der Waals surface area contributed by atoms with Crippen LogP contribution in [0.15, 0.2) is 29.2 Å². The number of carbonyl (C=O) groups is 1. The van der Waals surface area contributed by atoms with Gasteiger partial charge in [0, 0.05) is 17.9 Å². The van der Waals surface area contributed by atoms with Crippen LogP contribution in [0.3, 0.4) is 0 Å². The van der Waals surface area contributed by atoms with Gasteiger partial charge in [-0.15, -0.1) is 0 Å². The van der Waals surface area contributed by atoms with Gasteiger partial charge in [0.1, 0.15) is 10.0 Å². The van der Waals surface area contributed by atoms with Gasteiger partial charge < -0.3 is 9.56 Å². The number of benzene rings is 1. The Kier molecular flexibility index (Phi) is 8.09. The largest absolute Gasteiger partial charge is 1.00 e. The van der Waals surface area contributed by atoms with E-state index in [9.17, 15) is 13.2 Å². The van der Waals surface area contributed by atoms with Crippen LogP contribution in [0, 0.1) is 6.92 Å². The molecule has 0 radical (unpaired) electrons. The molecule has 0 atom stereocenters. The smallest absolute Gasteiger partial charge is 0.458 e. The number of nitrogens with zero attached hydrogens (tertiary/aromatic N) is 1. The predicted molar refractivity (Wildman–Crippen MR) is 65.2 cm³/mol. The van der Waals surface area contributed by atoms with Gasteiger partial charge in [-0.05, 0) is 19.1 Å². The van der Waals surface area contributed by atoms with Crippen molar-refractivity contribution >= 4 is 27.7 Å². The Labute approximate surface area is 134 Å². The third-order valence-corrected chi connectivity index (χ3v) is 3.68. The fourth-order valence-electron chi connectivity index (χ4n) is 0.977. The number of sulfonamides is 1. The number of amides is 1. The van der Waals surface area contributed by atoms with E-state index >= 15 is 0 Å². The van der Waals surface area contributed by atoms with E-state index in [2.05, 4.69) is 9.56 Å². The van der Waals surface area contributed by atoms with Crippen LogP contribution in [0.25, 0.3) is 4.24 Å². The second kappa shape index (κ2) is 8.14. The molecule has 1 saturated heterocycles. The van der Waals surface area contributed by atoms with Crippen LogP contribution in [-0.2, 0) is 14.8 Å². The summed E-state index contributed by atoms with van der Waals surface area (Å²) in [5.74, 6) is 0.185. The first-order valence-corrected chi connectivity index (χ1v) is 6.65. The molecule has 1 aliphatic rings. The molecule has 0 saturated carbocycles. The molecule has 0 bridgehead atoms. The van der Waals surface area contributed by atoms with Crippen LogP contribution >= 0.6 is 11.8 Å². The number of aryl methyl sites for hydroxylation is 1. The minimum atomic E-state index is -3.62. The summed E-state index contributed by atoms with van der Waals surface area (Å²) in [6.45, 7) is 2.76. The summed E-state index contributed by atoms with van der Waals surface area (Å²) in [6.07, 6.45) is 0.736. The molecule has 1 fully saturated rings. The van der Waals surface area contributed by atoms with Crippen molar-refractivity contribution in [3.8, 4) is 0 Å². The van der Waals surface area contributed by atoms with Gasteiger partial charge in [0.25, 0.3) is 0 Å². The maximum absolute atomic E-state index is 11.0. The van der Waals surface area contributed by atoms with Crippen molar-refractivity contribution in [1.29, 1.82) is 0 Å². The van der Waals surface area contributed by atoms with Gasteiger partial charge in [0.15, 0.2) is 0 Å². The number of carbonyl (C=O) groups excluding carboxylic acids is 1. The summed E-state index contributed by atoms with van der Waals surface area (Å²) in [5.41, 5.74) is 0.989. The Morgan fingerprint density at radius 1 is 1.28 bits per heavy atom. The van der Waals surface area contributed by atoms with Crippen molar-refractivity contribution in [1.82, 2.24) is 5.32 Å². The zero-order chi connectivity index (χ0) is 12.9. The minimum Gasteiger partial charge on any atom is -0.458 e. The van der Waals surface area contributed by atoms with Crippen molar-refractivity contribution in [3.63, 3.8) is 0 Å². The number of rotatable bonds is 2.